The van der Waals surface area contributed by atoms with Crippen LogP contribution in [0.1, 0.15) is 13.3 Å². The summed E-state index contributed by atoms with van der Waals surface area (Å²) in [7, 11) is 0. The number of ether oxygens (including phenoxy) is 1. The monoisotopic (exact) mass is 297 g/mol. The lowest BCUT2D eigenvalue weighted by atomic mass is 10.2. The Morgan fingerprint density at radius 2 is 2.15 bits per heavy atom. The molecule has 2 atom stereocenters. The molecule has 0 saturated heterocycles. The third kappa shape index (κ3) is 4.59. The van der Waals surface area contributed by atoms with Crippen molar-refractivity contribution >= 4 is 23.5 Å². The molecule has 5 nitrogen and oxygen atoms in total. The predicted molar refractivity (Wildman–Crippen MR) is 75.9 cm³/mol. The predicted octanol–water partition coefficient (Wildman–Crippen LogP) is 2.25. The number of benzene rings is 1. The van der Waals surface area contributed by atoms with E-state index < -0.39 is 24.0 Å². The van der Waals surface area contributed by atoms with Crippen molar-refractivity contribution in [3.63, 3.8) is 0 Å². The molecule has 20 heavy (non-hydrogen) atoms. The molecule has 0 fully saturated rings. The van der Waals surface area contributed by atoms with Crippen LogP contribution in [-0.2, 0) is 9.59 Å². The molecule has 0 heterocycles. The van der Waals surface area contributed by atoms with E-state index >= 15 is 0 Å². The fourth-order valence-corrected chi connectivity index (χ4v) is 1.64. The Balaban J connectivity index is 2.65. The highest BCUT2D eigenvalue weighted by Crippen LogP contribution is 2.24. The van der Waals surface area contributed by atoms with Crippen molar-refractivity contribution in [3.05, 3.63) is 41.9 Å². The van der Waals surface area contributed by atoms with E-state index in [1.54, 1.807) is 24.3 Å². The third-order valence-corrected chi connectivity index (χ3v) is 2.84. The van der Waals surface area contributed by atoms with Crippen LogP contribution < -0.4 is 10.1 Å². The fourth-order valence-electron chi connectivity index (χ4n) is 1.46. The van der Waals surface area contributed by atoms with E-state index in [9.17, 15) is 9.59 Å². The number of carbonyl (C=O) groups is 2. The van der Waals surface area contributed by atoms with Gasteiger partial charge in [0.2, 0.25) is 0 Å². The van der Waals surface area contributed by atoms with Crippen molar-refractivity contribution in [2.75, 3.05) is 0 Å². The number of nitrogens with one attached hydrogen (secondary N) is 1. The smallest absolute Gasteiger partial charge is 0.326 e. The Morgan fingerprint density at radius 1 is 1.50 bits per heavy atom. The van der Waals surface area contributed by atoms with Crippen molar-refractivity contribution in [1.29, 1.82) is 0 Å². The fraction of sp³-hybridized carbons (Fsp3) is 0.286. The number of para-hydroxylation sites is 1. The van der Waals surface area contributed by atoms with E-state index in [-0.39, 0.29) is 6.42 Å². The minimum atomic E-state index is -1.12. The second-order valence-corrected chi connectivity index (χ2v) is 4.52. The second kappa shape index (κ2) is 7.55. The van der Waals surface area contributed by atoms with Gasteiger partial charge in [-0.15, -0.1) is 6.58 Å². The minimum Gasteiger partial charge on any atom is -0.480 e. The lowest BCUT2D eigenvalue weighted by molar-refractivity contribution is -0.142. The summed E-state index contributed by atoms with van der Waals surface area (Å²) in [6.07, 6.45) is 0.708. The van der Waals surface area contributed by atoms with Crippen LogP contribution in [-0.4, -0.2) is 29.1 Å². The Labute approximate surface area is 122 Å². The van der Waals surface area contributed by atoms with Crippen molar-refractivity contribution in [2.24, 2.45) is 0 Å². The van der Waals surface area contributed by atoms with E-state index in [0.29, 0.717) is 10.8 Å². The zero-order valence-electron chi connectivity index (χ0n) is 11.0. The summed E-state index contributed by atoms with van der Waals surface area (Å²) in [5.74, 6) is -1.28. The molecule has 1 aromatic carbocycles. The summed E-state index contributed by atoms with van der Waals surface area (Å²) in [6, 6.07) is 5.72. The molecule has 2 N–H and O–H groups in total. The average molecular weight is 298 g/mol. The van der Waals surface area contributed by atoms with Crippen LogP contribution in [0.3, 0.4) is 0 Å². The zero-order valence-corrected chi connectivity index (χ0v) is 11.8. The first kappa shape index (κ1) is 16.0. The van der Waals surface area contributed by atoms with E-state index in [4.69, 9.17) is 21.4 Å². The zero-order chi connectivity index (χ0) is 15.1. The molecular formula is C14H16ClNO4. The Kier molecular flexibility index (Phi) is 6.06. The Morgan fingerprint density at radius 3 is 2.70 bits per heavy atom. The van der Waals surface area contributed by atoms with Gasteiger partial charge in [-0.2, -0.15) is 0 Å². The first-order valence-electron chi connectivity index (χ1n) is 6.01. The van der Waals surface area contributed by atoms with Crippen LogP contribution in [0, 0.1) is 0 Å². The lowest BCUT2D eigenvalue weighted by Crippen LogP contribution is -2.46. The third-order valence-electron chi connectivity index (χ3n) is 2.53. The molecule has 2 unspecified atom stereocenters. The summed E-state index contributed by atoms with van der Waals surface area (Å²) in [4.78, 5) is 22.8. The van der Waals surface area contributed by atoms with Crippen LogP contribution in [0.15, 0.2) is 36.9 Å². The van der Waals surface area contributed by atoms with Gasteiger partial charge in [-0.05, 0) is 25.5 Å². The highest BCUT2D eigenvalue weighted by atomic mass is 35.5. The summed E-state index contributed by atoms with van der Waals surface area (Å²) < 4.78 is 5.40. The second-order valence-electron chi connectivity index (χ2n) is 4.11. The van der Waals surface area contributed by atoms with Crippen LogP contribution in [0.25, 0.3) is 0 Å². The van der Waals surface area contributed by atoms with Crippen molar-refractivity contribution < 1.29 is 19.4 Å². The van der Waals surface area contributed by atoms with Gasteiger partial charge in [0.15, 0.2) is 6.10 Å². The summed E-state index contributed by atoms with van der Waals surface area (Å²) in [5.41, 5.74) is 0. The lowest BCUT2D eigenvalue weighted by Gasteiger charge is -2.18. The highest BCUT2D eigenvalue weighted by Gasteiger charge is 2.23. The topological polar surface area (TPSA) is 75.6 Å². The molecule has 0 saturated carbocycles. The van der Waals surface area contributed by atoms with E-state index in [2.05, 4.69) is 11.9 Å². The van der Waals surface area contributed by atoms with E-state index in [1.165, 1.54) is 13.0 Å². The number of carboxylic acids is 1. The van der Waals surface area contributed by atoms with Crippen LogP contribution in [0.4, 0.5) is 0 Å². The van der Waals surface area contributed by atoms with Crippen molar-refractivity contribution in [3.8, 4) is 5.75 Å². The number of amides is 1. The van der Waals surface area contributed by atoms with Gasteiger partial charge in [0.1, 0.15) is 11.8 Å². The maximum Gasteiger partial charge on any atom is 0.326 e. The minimum absolute atomic E-state index is 0.139. The normalized spacial score (nSPS) is 13.1. The number of rotatable bonds is 7. The number of carbonyl (C=O) groups excluding carboxylic acids is 1. The number of hydrogen-bond acceptors (Lipinski definition) is 3. The highest BCUT2D eigenvalue weighted by molar-refractivity contribution is 6.32. The maximum atomic E-state index is 11.9. The van der Waals surface area contributed by atoms with Crippen LogP contribution in [0.2, 0.25) is 5.02 Å². The Bertz CT molecular complexity index is 504. The Hall–Kier alpha value is -2.01. The van der Waals surface area contributed by atoms with Crippen molar-refractivity contribution in [1.82, 2.24) is 5.32 Å². The van der Waals surface area contributed by atoms with E-state index in [1.807, 2.05) is 0 Å². The maximum absolute atomic E-state index is 11.9. The molecule has 0 aliphatic rings. The molecular weight excluding hydrogens is 282 g/mol. The van der Waals surface area contributed by atoms with Crippen LogP contribution >= 0.6 is 11.6 Å². The first-order chi connectivity index (χ1) is 9.45. The molecule has 0 aromatic heterocycles. The number of hydrogen-bond donors (Lipinski definition) is 2. The molecule has 0 bridgehead atoms. The van der Waals surface area contributed by atoms with Crippen molar-refractivity contribution in [2.45, 2.75) is 25.5 Å². The van der Waals surface area contributed by atoms with Gasteiger partial charge in [-0.25, -0.2) is 4.79 Å². The summed E-state index contributed by atoms with van der Waals surface area (Å²) in [5, 5.41) is 11.7. The standard InChI is InChI=1S/C14H16ClNO4/c1-3-6-11(14(18)19)16-13(17)9(2)20-12-8-5-4-7-10(12)15/h3-5,7-9,11H,1,6H2,2H3,(H,16,17)(H,18,19). The molecule has 1 rings (SSSR count). The SMILES string of the molecule is C=CCC(NC(=O)C(C)Oc1ccccc1Cl)C(=O)O. The molecule has 6 heteroatoms. The number of aliphatic carboxylic acids is 1. The van der Waals surface area contributed by atoms with Gasteiger partial charge in [-0.1, -0.05) is 29.8 Å². The van der Waals surface area contributed by atoms with E-state index in [0.717, 1.165) is 0 Å². The average Bonchev–Trinajstić information content (AvgIpc) is 2.40. The van der Waals surface area contributed by atoms with Gasteiger partial charge >= 0.3 is 5.97 Å². The van der Waals surface area contributed by atoms with Gasteiger partial charge < -0.3 is 15.2 Å². The quantitative estimate of drug-likeness (QED) is 0.757. The van der Waals surface area contributed by atoms with Gasteiger partial charge in [-0.3, -0.25) is 4.79 Å². The summed E-state index contributed by atoms with van der Waals surface area (Å²) in [6.45, 7) is 4.97. The molecule has 0 radical (unpaired) electrons. The summed E-state index contributed by atoms with van der Waals surface area (Å²) >= 11 is 5.91. The first-order valence-corrected chi connectivity index (χ1v) is 6.38. The molecule has 0 aliphatic carbocycles. The van der Waals surface area contributed by atoms with Gasteiger partial charge in [0.05, 0.1) is 5.02 Å². The van der Waals surface area contributed by atoms with Gasteiger partial charge in [0.25, 0.3) is 5.91 Å². The van der Waals surface area contributed by atoms with Crippen LogP contribution in [0.5, 0.6) is 5.75 Å². The van der Waals surface area contributed by atoms with Gasteiger partial charge in [0, 0.05) is 0 Å². The largest absolute Gasteiger partial charge is 0.480 e. The molecule has 1 amide bonds. The number of carboxylic acid groups (broad SMARTS) is 1. The molecule has 1 aromatic rings. The number of halogens is 1. The molecule has 108 valence electrons. The molecule has 0 spiro atoms. The molecule has 0 aliphatic heterocycles.